The Labute approximate surface area is 155 Å². The van der Waals surface area contributed by atoms with Crippen LogP contribution in [0.15, 0.2) is 60.7 Å². The molecule has 0 spiro atoms. The number of nitrogens with zero attached hydrogens (tertiary/aromatic N) is 2. The topological polar surface area (TPSA) is 66.9 Å². The van der Waals surface area contributed by atoms with E-state index in [-0.39, 0.29) is 5.91 Å². The van der Waals surface area contributed by atoms with Gasteiger partial charge < -0.3 is 10.6 Å². The van der Waals surface area contributed by atoms with E-state index in [2.05, 4.69) is 20.8 Å². The molecule has 3 aromatic rings. The second-order valence-electron chi connectivity index (χ2n) is 5.21. The second kappa shape index (κ2) is 7.96. The standard InChI is InChI=1S/C18H14Cl2N4O/c19-14-6-3-5-12(10-14)18(25)22-17-9-8-16(23-24-17)21-11-13-4-1-2-7-15(13)20/h1-10H,11H2,(H,21,23)(H,22,24,25). The first-order valence-electron chi connectivity index (χ1n) is 7.50. The number of carbonyl (C=O) groups is 1. The van der Waals surface area contributed by atoms with Crippen LogP contribution in [0.2, 0.25) is 10.0 Å². The van der Waals surface area contributed by atoms with Gasteiger partial charge in [-0.2, -0.15) is 0 Å². The van der Waals surface area contributed by atoms with E-state index in [1.165, 1.54) is 0 Å². The highest BCUT2D eigenvalue weighted by molar-refractivity contribution is 6.31. The van der Waals surface area contributed by atoms with Crippen LogP contribution in [-0.4, -0.2) is 16.1 Å². The summed E-state index contributed by atoms with van der Waals surface area (Å²) in [6.07, 6.45) is 0. The van der Waals surface area contributed by atoms with Gasteiger partial charge in [0.2, 0.25) is 0 Å². The molecule has 7 heteroatoms. The fourth-order valence-electron chi connectivity index (χ4n) is 2.14. The molecule has 0 aliphatic carbocycles. The third kappa shape index (κ3) is 4.68. The molecule has 0 aliphatic rings. The fourth-order valence-corrected chi connectivity index (χ4v) is 2.53. The van der Waals surface area contributed by atoms with Gasteiger partial charge in [-0.15, -0.1) is 10.2 Å². The zero-order valence-electron chi connectivity index (χ0n) is 13.0. The third-order valence-corrected chi connectivity index (χ3v) is 4.01. The predicted octanol–water partition coefficient (Wildman–Crippen LogP) is 4.65. The van der Waals surface area contributed by atoms with Gasteiger partial charge >= 0.3 is 0 Å². The Kier molecular flexibility index (Phi) is 5.48. The van der Waals surface area contributed by atoms with Crippen LogP contribution in [0.25, 0.3) is 0 Å². The molecule has 0 saturated heterocycles. The first-order valence-corrected chi connectivity index (χ1v) is 8.25. The minimum Gasteiger partial charge on any atom is -0.364 e. The quantitative estimate of drug-likeness (QED) is 0.683. The van der Waals surface area contributed by atoms with E-state index in [0.29, 0.717) is 33.8 Å². The molecule has 3 rings (SSSR count). The number of aromatic nitrogens is 2. The molecular weight excluding hydrogens is 359 g/mol. The summed E-state index contributed by atoms with van der Waals surface area (Å²) >= 11 is 12.0. The first-order chi connectivity index (χ1) is 12.1. The largest absolute Gasteiger partial charge is 0.364 e. The first kappa shape index (κ1) is 17.2. The molecule has 1 heterocycles. The smallest absolute Gasteiger partial charge is 0.256 e. The summed E-state index contributed by atoms with van der Waals surface area (Å²) in [5.74, 6) is 0.641. The molecule has 1 amide bonds. The lowest BCUT2D eigenvalue weighted by atomic mass is 10.2. The summed E-state index contributed by atoms with van der Waals surface area (Å²) in [7, 11) is 0. The molecule has 0 bridgehead atoms. The fraction of sp³-hybridized carbons (Fsp3) is 0.0556. The lowest BCUT2D eigenvalue weighted by molar-refractivity contribution is 0.102. The molecular formula is C18H14Cl2N4O. The molecule has 0 atom stereocenters. The van der Waals surface area contributed by atoms with E-state index >= 15 is 0 Å². The maximum absolute atomic E-state index is 12.1. The number of hydrogen-bond acceptors (Lipinski definition) is 4. The lowest BCUT2D eigenvalue weighted by Gasteiger charge is -2.08. The van der Waals surface area contributed by atoms with E-state index in [4.69, 9.17) is 23.2 Å². The number of nitrogens with one attached hydrogen (secondary N) is 2. The van der Waals surface area contributed by atoms with Crippen molar-refractivity contribution in [1.29, 1.82) is 0 Å². The van der Waals surface area contributed by atoms with Gasteiger partial charge in [-0.1, -0.05) is 47.5 Å². The average molecular weight is 373 g/mol. The summed E-state index contributed by atoms with van der Waals surface area (Å²) in [6.45, 7) is 0.530. The highest BCUT2D eigenvalue weighted by Crippen LogP contribution is 2.17. The van der Waals surface area contributed by atoms with Crippen molar-refractivity contribution in [2.75, 3.05) is 10.6 Å². The van der Waals surface area contributed by atoms with E-state index in [0.717, 1.165) is 5.56 Å². The Morgan fingerprint density at radius 3 is 2.40 bits per heavy atom. The minimum atomic E-state index is -0.298. The van der Waals surface area contributed by atoms with Gasteiger partial charge in [0.15, 0.2) is 5.82 Å². The van der Waals surface area contributed by atoms with Gasteiger partial charge in [-0.25, -0.2) is 0 Å². The Morgan fingerprint density at radius 2 is 1.68 bits per heavy atom. The number of amides is 1. The third-order valence-electron chi connectivity index (χ3n) is 3.41. The van der Waals surface area contributed by atoms with Gasteiger partial charge in [-0.05, 0) is 42.0 Å². The second-order valence-corrected chi connectivity index (χ2v) is 6.06. The van der Waals surface area contributed by atoms with Crippen molar-refractivity contribution < 1.29 is 4.79 Å². The van der Waals surface area contributed by atoms with Crippen LogP contribution < -0.4 is 10.6 Å². The lowest BCUT2D eigenvalue weighted by Crippen LogP contribution is -2.13. The Morgan fingerprint density at radius 1 is 0.920 bits per heavy atom. The molecule has 5 nitrogen and oxygen atoms in total. The maximum Gasteiger partial charge on any atom is 0.256 e. The Balaban J connectivity index is 1.60. The van der Waals surface area contributed by atoms with Gasteiger partial charge in [0.05, 0.1) is 0 Å². The van der Waals surface area contributed by atoms with Crippen LogP contribution in [0.3, 0.4) is 0 Å². The van der Waals surface area contributed by atoms with Crippen molar-refractivity contribution in [3.63, 3.8) is 0 Å². The van der Waals surface area contributed by atoms with Crippen molar-refractivity contribution >= 4 is 40.7 Å². The maximum atomic E-state index is 12.1. The monoisotopic (exact) mass is 372 g/mol. The highest BCUT2D eigenvalue weighted by Gasteiger charge is 2.08. The summed E-state index contributed by atoms with van der Waals surface area (Å²) in [6, 6.07) is 17.6. The van der Waals surface area contributed by atoms with Crippen LogP contribution >= 0.6 is 23.2 Å². The summed E-state index contributed by atoms with van der Waals surface area (Å²) < 4.78 is 0. The van der Waals surface area contributed by atoms with E-state index in [1.807, 2.05) is 24.3 Å². The van der Waals surface area contributed by atoms with Gasteiger partial charge in [0.25, 0.3) is 5.91 Å². The van der Waals surface area contributed by atoms with Crippen molar-refractivity contribution in [2.24, 2.45) is 0 Å². The minimum absolute atomic E-state index is 0.298. The van der Waals surface area contributed by atoms with Crippen LogP contribution in [0.1, 0.15) is 15.9 Å². The average Bonchev–Trinajstić information content (AvgIpc) is 2.62. The molecule has 0 unspecified atom stereocenters. The molecule has 0 aliphatic heterocycles. The molecule has 25 heavy (non-hydrogen) atoms. The van der Waals surface area contributed by atoms with E-state index in [9.17, 15) is 4.79 Å². The SMILES string of the molecule is O=C(Nc1ccc(NCc2ccccc2Cl)nn1)c1cccc(Cl)c1. The Bertz CT molecular complexity index is 884. The van der Waals surface area contributed by atoms with Crippen molar-refractivity contribution in [1.82, 2.24) is 10.2 Å². The molecule has 1 aromatic heterocycles. The summed E-state index contributed by atoms with van der Waals surface area (Å²) in [4.78, 5) is 12.1. The van der Waals surface area contributed by atoms with Gasteiger partial charge in [0, 0.05) is 22.2 Å². The van der Waals surface area contributed by atoms with Gasteiger partial charge in [0.1, 0.15) is 5.82 Å². The van der Waals surface area contributed by atoms with Crippen molar-refractivity contribution in [3.05, 3.63) is 81.8 Å². The number of benzene rings is 2. The highest BCUT2D eigenvalue weighted by atomic mass is 35.5. The summed E-state index contributed by atoms with van der Waals surface area (Å²) in [5, 5.41) is 15.0. The van der Waals surface area contributed by atoms with E-state index < -0.39 is 0 Å². The zero-order valence-corrected chi connectivity index (χ0v) is 14.6. The number of rotatable bonds is 5. The number of carbonyl (C=O) groups excluding carboxylic acids is 1. The van der Waals surface area contributed by atoms with E-state index in [1.54, 1.807) is 36.4 Å². The molecule has 2 N–H and O–H groups in total. The van der Waals surface area contributed by atoms with Gasteiger partial charge in [-0.3, -0.25) is 4.79 Å². The summed E-state index contributed by atoms with van der Waals surface area (Å²) in [5.41, 5.74) is 1.42. The van der Waals surface area contributed by atoms with Crippen LogP contribution in [-0.2, 0) is 6.54 Å². The molecule has 0 saturated carbocycles. The molecule has 0 radical (unpaired) electrons. The van der Waals surface area contributed by atoms with Crippen LogP contribution in [0.5, 0.6) is 0 Å². The zero-order chi connectivity index (χ0) is 17.6. The van der Waals surface area contributed by atoms with Crippen LogP contribution in [0, 0.1) is 0 Å². The molecule has 126 valence electrons. The number of halogens is 2. The van der Waals surface area contributed by atoms with Crippen molar-refractivity contribution in [3.8, 4) is 0 Å². The molecule has 0 fully saturated rings. The predicted molar refractivity (Wildman–Crippen MR) is 100 cm³/mol. The van der Waals surface area contributed by atoms with Crippen molar-refractivity contribution in [2.45, 2.75) is 6.54 Å². The number of hydrogen-bond donors (Lipinski definition) is 2. The van der Waals surface area contributed by atoms with Crippen LogP contribution in [0.4, 0.5) is 11.6 Å². The normalized spacial score (nSPS) is 10.3. The molecule has 2 aromatic carbocycles. The number of anilines is 2. The Hall–Kier alpha value is -2.63.